The van der Waals surface area contributed by atoms with E-state index in [9.17, 15) is 9.59 Å². The molecule has 0 aromatic carbocycles. The standard InChI is InChI=1S/C16H19N5O2S/c1-9-5-6-10-12(7-9)24-14(20-10)8-18-16(23)21-13-4-2-3-11(19-13)15(17)22/h2-4,9H,5-8H2,1H3,(H2,17,22)(H2,18,19,21,23). The Morgan fingerprint density at radius 3 is 3.00 bits per heavy atom. The first-order valence-electron chi connectivity index (χ1n) is 7.80. The highest BCUT2D eigenvalue weighted by atomic mass is 32.1. The third kappa shape index (κ3) is 3.88. The van der Waals surface area contributed by atoms with Crippen LogP contribution in [0.4, 0.5) is 10.6 Å². The van der Waals surface area contributed by atoms with Crippen LogP contribution in [0.5, 0.6) is 0 Å². The number of primary amides is 1. The Kier molecular flexibility index (Phi) is 4.75. The summed E-state index contributed by atoms with van der Waals surface area (Å²) in [4.78, 5) is 33.0. The summed E-state index contributed by atoms with van der Waals surface area (Å²) in [5, 5.41) is 6.25. The zero-order valence-electron chi connectivity index (χ0n) is 13.3. The number of nitrogens with zero attached hydrogens (tertiary/aromatic N) is 2. The topological polar surface area (TPSA) is 110 Å². The molecular formula is C16H19N5O2S. The van der Waals surface area contributed by atoms with E-state index < -0.39 is 11.9 Å². The average molecular weight is 345 g/mol. The second-order valence-electron chi connectivity index (χ2n) is 5.91. The number of nitrogens with one attached hydrogen (secondary N) is 2. The Morgan fingerprint density at radius 1 is 1.38 bits per heavy atom. The number of amides is 3. The second kappa shape index (κ2) is 6.96. The van der Waals surface area contributed by atoms with Crippen LogP contribution in [-0.4, -0.2) is 21.9 Å². The van der Waals surface area contributed by atoms with Crippen molar-refractivity contribution in [3.05, 3.63) is 39.5 Å². The van der Waals surface area contributed by atoms with Gasteiger partial charge in [0.1, 0.15) is 16.5 Å². The van der Waals surface area contributed by atoms with E-state index in [1.165, 1.54) is 23.1 Å². The summed E-state index contributed by atoms with van der Waals surface area (Å²) in [6, 6.07) is 4.30. The molecule has 2 aromatic rings. The Balaban J connectivity index is 1.56. The van der Waals surface area contributed by atoms with E-state index >= 15 is 0 Å². The van der Waals surface area contributed by atoms with E-state index in [-0.39, 0.29) is 11.5 Å². The summed E-state index contributed by atoms with van der Waals surface area (Å²) in [6.07, 6.45) is 3.26. The van der Waals surface area contributed by atoms with Crippen LogP contribution >= 0.6 is 11.3 Å². The monoisotopic (exact) mass is 345 g/mol. The number of thiazole rings is 1. The van der Waals surface area contributed by atoms with Gasteiger partial charge in [0.15, 0.2) is 0 Å². The summed E-state index contributed by atoms with van der Waals surface area (Å²) in [7, 11) is 0. The molecule has 2 heterocycles. The molecule has 7 nitrogen and oxygen atoms in total. The Labute approximate surface area is 143 Å². The minimum atomic E-state index is -0.637. The van der Waals surface area contributed by atoms with Crippen molar-refractivity contribution >= 4 is 29.1 Å². The predicted molar refractivity (Wildman–Crippen MR) is 91.9 cm³/mol. The molecule has 1 aliphatic rings. The molecule has 0 fully saturated rings. The van der Waals surface area contributed by atoms with Gasteiger partial charge in [0.25, 0.3) is 5.91 Å². The smallest absolute Gasteiger partial charge is 0.320 e. The van der Waals surface area contributed by atoms with E-state index in [4.69, 9.17) is 5.73 Å². The number of pyridine rings is 1. The first-order valence-corrected chi connectivity index (χ1v) is 8.62. The fourth-order valence-electron chi connectivity index (χ4n) is 2.63. The highest BCUT2D eigenvalue weighted by Gasteiger charge is 2.19. The van der Waals surface area contributed by atoms with Gasteiger partial charge in [0.05, 0.1) is 12.2 Å². The van der Waals surface area contributed by atoms with E-state index in [0.29, 0.717) is 12.5 Å². The molecule has 1 unspecified atom stereocenters. The van der Waals surface area contributed by atoms with Crippen LogP contribution in [0.3, 0.4) is 0 Å². The molecule has 0 spiro atoms. The van der Waals surface area contributed by atoms with Crippen molar-refractivity contribution in [1.82, 2.24) is 15.3 Å². The third-order valence-electron chi connectivity index (χ3n) is 3.87. The zero-order chi connectivity index (χ0) is 17.1. The van der Waals surface area contributed by atoms with Crippen LogP contribution in [-0.2, 0) is 19.4 Å². The lowest BCUT2D eigenvalue weighted by atomic mass is 9.93. The van der Waals surface area contributed by atoms with Crippen molar-refractivity contribution in [3.8, 4) is 0 Å². The number of fused-ring (bicyclic) bond motifs is 1. The number of carbonyl (C=O) groups excluding carboxylic acids is 2. The normalized spacial score (nSPS) is 16.3. The second-order valence-corrected chi connectivity index (χ2v) is 7.07. The first-order chi connectivity index (χ1) is 11.5. The lowest BCUT2D eigenvalue weighted by Crippen LogP contribution is -2.28. The van der Waals surface area contributed by atoms with Crippen molar-refractivity contribution in [2.75, 3.05) is 5.32 Å². The molecule has 3 rings (SSSR count). The molecule has 1 aliphatic carbocycles. The van der Waals surface area contributed by atoms with Crippen molar-refractivity contribution in [1.29, 1.82) is 0 Å². The minimum Gasteiger partial charge on any atom is -0.364 e. The van der Waals surface area contributed by atoms with Gasteiger partial charge in [0.2, 0.25) is 0 Å². The Bertz CT molecular complexity index is 774. The van der Waals surface area contributed by atoms with Gasteiger partial charge in [0, 0.05) is 4.88 Å². The number of carbonyl (C=O) groups is 2. The van der Waals surface area contributed by atoms with E-state index in [1.54, 1.807) is 23.5 Å². The molecule has 126 valence electrons. The number of hydrogen-bond acceptors (Lipinski definition) is 5. The van der Waals surface area contributed by atoms with Gasteiger partial charge in [-0.2, -0.15) is 0 Å². The van der Waals surface area contributed by atoms with E-state index in [0.717, 1.165) is 17.8 Å². The molecule has 8 heteroatoms. The van der Waals surface area contributed by atoms with Crippen molar-refractivity contribution in [3.63, 3.8) is 0 Å². The first kappa shape index (κ1) is 16.4. The molecule has 1 atom stereocenters. The van der Waals surface area contributed by atoms with Gasteiger partial charge < -0.3 is 11.1 Å². The molecular weight excluding hydrogens is 326 g/mol. The number of rotatable bonds is 4. The van der Waals surface area contributed by atoms with Gasteiger partial charge in [-0.3, -0.25) is 10.1 Å². The maximum Gasteiger partial charge on any atom is 0.320 e. The maximum atomic E-state index is 12.0. The maximum absolute atomic E-state index is 12.0. The Hall–Kier alpha value is -2.48. The van der Waals surface area contributed by atoms with Gasteiger partial charge >= 0.3 is 6.03 Å². The van der Waals surface area contributed by atoms with Crippen LogP contribution in [0.2, 0.25) is 0 Å². The SMILES string of the molecule is CC1CCc2nc(CNC(=O)Nc3cccc(C(N)=O)n3)sc2C1. The highest BCUT2D eigenvalue weighted by Crippen LogP contribution is 2.29. The van der Waals surface area contributed by atoms with Gasteiger partial charge in [-0.15, -0.1) is 11.3 Å². The zero-order valence-corrected chi connectivity index (χ0v) is 14.2. The quantitative estimate of drug-likeness (QED) is 0.788. The molecule has 0 saturated heterocycles. The lowest BCUT2D eigenvalue weighted by Gasteiger charge is -2.15. The summed E-state index contributed by atoms with van der Waals surface area (Å²) in [5.74, 6) is 0.336. The minimum absolute atomic E-state index is 0.106. The molecule has 0 saturated carbocycles. The van der Waals surface area contributed by atoms with Crippen molar-refractivity contribution in [2.24, 2.45) is 11.7 Å². The number of nitrogens with two attached hydrogens (primary N) is 1. The lowest BCUT2D eigenvalue weighted by molar-refractivity contribution is 0.0995. The fourth-order valence-corrected chi connectivity index (χ4v) is 3.84. The molecule has 0 radical (unpaired) electrons. The summed E-state index contributed by atoms with van der Waals surface area (Å²) in [5.41, 5.74) is 6.45. The van der Waals surface area contributed by atoms with Crippen LogP contribution in [0, 0.1) is 5.92 Å². The van der Waals surface area contributed by atoms with Gasteiger partial charge in [-0.05, 0) is 37.3 Å². The number of aromatic nitrogens is 2. The van der Waals surface area contributed by atoms with Crippen LogP contribution < -0.4 is 16.4 Å². The Morgan fingerprint density at radius 2 is 2.21 bits per heavy atom. The molecule has 4 N–H and O–H groups in total. The number of anilines is 1. The molecule has 3 amide bonds. The summed E-state index contributed by atoms with van der Waals surface area (Å²) in [6.45, 7) is 2.62. The predicted octanol–water partition coefficient (Wildman–Crippen LogP) is 2.08. The molecule has 2 aromatic heterocycles. The van der Waals surface area contributed by atoms with E-state index in [2.05, 4.69) is 27.5 Å². The molecule has 0 bridgehead atoms. The number of urea groups is 1. The summed E-state index contributed by atoms with van der Waals surface area (Å²) >= 11 is 1.66. The van der Waals surface area contributed by atoms with Crippen LogP contribution in [0.25, 0.3) is 0 Å². The molecule has 24 heavy (non-hydrogen) atoms. The summed E-state index contributed by atoms with van der Waals surface area (Å²) < 4.78 is 0. The fraction of sp³-hybridized carbons (Fsp3) is 0.375. The highest BCUT2D eigenvalue weighted by molar-refractivity contribution is 7.11. The van der Waals surface area contributed by atoms with Crippen LogP contribution in [0.15, 0.2) is 18.2 Å². The van der Waals surface area contributed by atoms with Gasteiger partial charge in [-0.1, -0.05) is 13.0 Å². The molecule has 0 aliphatic heterocycles. The van der Waals surface area contributed by atoms with Crippen LogP contribution in [0.1, 0.15) is 39.4 Å². The largest absolute Gasteiger partial charge is 0.364 e. The number of hydrogen-bond donors (Lipinski definition) is 3. The third-order valence-corrected chi connectivity index (χ3v) is 4.99. The number of aryl methyl sites for hydroxylation is 1. The van der Waals surface area contributed by atoms with E-state index in [1.807, 2.05) is 0 Å². The van der Waals surface area contributed by atoms with Gasteiger partial charge in [-0.25, -0.2) is 14.8 Å². The van der Waals surface area contributed by atoms with Crippen molar-refractivity contribution in [2.45, 2.75) is 32.7 Å². The average Bonchev–Trinajstić information content (AvgIpc) is 2.95. The van der Waals surface area contributed by atoms with Crippen molar-refractivity contribution < 1.29 is 9.59 Å².